The summed E-state index contributed by atoms with van der Waals surface area (Å²) in [6, 6.07) is 10.8. The molecule has 2 aromatic rings. The van der Waals surface area contributed by atoms with Gasteiger partial charge in [0.25, 0.3) is 0 Å². The number of nitrogens with one attached hydrogen (secondary N) is 2. The average Bonchev–Trinajstić information content (AvgIpc) is 2.58. The SMILES string of the molecule is CCOc1cc(CNC(=O)Nc2ccc(C)cc2)c(OCC)cc1N. The van der Waals surface area contributed by atoms with Crippen LogP contribution in [0, 0.1) is 6.92 Å². The average molecular weight is 343 g/mol. The van der Waals surface area contributed by atoms with Crippen molar-refractivity contribution in [2.24, 2.45) is 0 Å². The molecular formula is C19H25N3O3. The Morgan fingerprint density at radius 1 is 1.04 bits per heavy atom. The first-order valence-electron chi connectivity index (χ1n) is 8.33. The minimum atomic E-state index is -0.291. The van der Waals surface area contributed by atoms with Crippen molar-refractivity contribution in [1.29, 1.82) is 0 Å². The van der Waals surface area contributed by atoms with E-state index in [1.165, 1.54) is 0 Å². The smallest absolute Gasteiger partial charge is 0.319 e. The van der Waals surface area contributed by atoms with E-state index < -0.39 is 0 Å². The molecule has 0 aromatic heterocycles. The van der Waals surface area contributed by atoms with E-state index in [1.54, 1.807) is 12.1 Å². The Labute approximate surface area is 148 Å². The van der Waals surface area contributed by atoms with Gasteiger partial charge in [-0.3, -0.25) is 0 Å². The van der Waals surface area contributed by atoms with Crippen molar-refractivity contribution in [3.8, 4) is 11.5 Å². The summed E-state index contributed by atoms with van der Waals surface area (Å²) in [7, 11) is 0. The van der Waals surface area contributed by atoms with Gasteiger partial charge < -0.3 is 25.8 Å². The Hall–Kier alpha value is -2.89. The van der Waals surface area contributed by atoms with Crippen molar-refractivity contribution >= 4 is 17.4 Å². The highest BCUT2D eigenvalue weighted by molar-refractivity contribution is 5.89. The topological polar surface area (TPSA) is 85.6 Å². The van der Waals surface area contributed by atoms with Gasteiger partial charge in [0.1, 0.15) is 11.5 Å². The largest absolute Gasteiger partial charge is 0.493 e. The Morgan fingerprint density at radius 2 is 1.68 bits per heavy atom. The van der Waals surface area contributed by atoms with Gasteiger partial charge in [-0.25, -0.2) is 4.79 Å². The number of carbonyl (C=O) groups is 1. The third-order valence-corrected chi connectivity index (χ3v) is 3.54. The van der Waals surface area contributed by atoms with E-state index >= 15 is 0 Å². The molecule has 0 atom stereocenters. The number of amides is 2. The molecule has 0 spiro atoms. The summed E-state index contributed by atoms with van der Waals surface area (Å²) in [5.74, 6) is 1.22. The van der Waals surface area contributed by atoms with Gasteiger partial charge in [-0.2, -0.15) is 0 Å². The number of nitrogen functional groups attached to an aromatic ring is 1. The fraction of sp³-hybridized carbons (Fsp3) is 0.316. The molecule has 2 rings (SSSR count). The molecule has 6 nitrogen and oxygen atoms in total. The predicted molar refractivity (Wildman–Crippen MR) is 100 cm³/mol. The van der Waals surface area contributed by atoms with Crippen LogP contribution in [0.5, 0.6) is 11.5 Å². The second-order valence-corrected chi connectivity index (χ2v) is 5.54. The van der Waals surface area contributed by atoms with Crippen molar-refractivity contribution in [3.05, 3.63) is 47.5 Å². The van der Waals surface area contributed by atoms with Gasteiger partial charge in [0.2, 0.25) is 0 Å². The lowest BCUT2D eigenvalue weighted by Gasteiger charge is -2.15. The fourth-order valence-electron chi connectivity index (χ4n) is 2.31. The maximum atomic E-state index is 12.1. The lowest BCUT2D eigenvalue weighted by atomic mass is 10.1. The predicted octanol–water partition coefficient (Wildman–Crippen LogP) is 3.70. The van der Waals surface area contributed by atoms with E-state index in [9.17, 15) is 4.79 Å². The van der Waals surface area contributed by atoms with Crippen molar-refractivity contribution in [3.63, 3.8) is 0 Å². The Bertz CT molecular complexity index is 715. The van der Waals surface area contributed by atoms with Gasteiger partial charge in [0.15, 0.2) is 0 Å². The zero-order valence-electron chi connectivity index (χ0n) is 14.9. The third kappa shape index (κ3) is 5.31. The Balaban J connectivity index is 2.05. The van der Waals surface area contributed by atoms with Crippen LogP contribution in [0.2, 0.25) is 0 Å². The van der Waals surface area contributed by atoms with Gasteiger partial charge >= 0.3 is 6.03 Å². The Morgan fingerprint density at radius 3 is 2.32 bits per heavy atom. The standard InChI is InChI=1S/C19H25N3O3/c1-4-24-17-11-16(20)18(25-5-2)10-14(17)12-21-19(23)22-15-8-6-13(3)7-9-15/h6-11H,4-5,12,20H2,1-3H3,(H2,21,22,23). The number of carbonyl (C=O) groups excluding carboxylic acids is 1. The first-order chi connectivity index (χ1) is 12.0. The van der Waals surface area contributed by atoms with Crippen LogP contribution in [0.25, 0.3) is 0 Å². The van der Waals surface area contributed by atoms with Crippen molar-refractivity contribution < 1.29 is 14.3 Å². The summed E-state index contributed by atoms with van der Waals surface area (Å²) in [5.41, 5.74) is 9.16. The van der Waals surface area contributed by atoms with E-state index in [0.717, 1.165) is 16.8 Å². The lowest BCUT2D eigenvalue weighted by molar-refractivity contribution is 0.251. The molecule has 2 amide bonds. The van der Waals surface area contributed by atoms with Crippen LogP contribution in [0.15, 0.2) is 36.4 Å². The molecule has 4 N–H and O–H groups in total. The number of anilines is 2. The molecule has 0 aliphatic heterocycles. The van der Waals surface area contributed by atoms with Crippen LogP contribution in [0.4, 0.5) is 16.2 Å². The highest BCUT2D eigenvalue weighted by Gasteiger charge is 2.11. The van der Waals surface area contributed by atoms with Gasteiger partial charge in [0, 0.05) is 23.9 Å². The molecule has 134 valence electrons. The molecule has 0 heterocycles. The number of nitrogens with two attached hydrogens (primary N) is 1. The normalized spacial score (nSPS) is 10.2. The molecule has 0 aliphatic rings. The van der Waals surface area contributed by atoms with E-state index in [-0.39, 0.29) is 6.03 Å². The fourth-order valence-corrected chi connectivity index (χ4v) is 2.31. The minimum absolute atomic E-state index is 0.291. The molecule has 6 heteroatoms. The summed E-state index contributed by atoms with van der Waals surface area (Å²) in [5, 5.41) is 5.62. The van der Waals surface area contributed by atoms with Crippen molar-refractivity contribution in [2.75, 3.05) is 24.3 Å². The van der Waals surface area contributed by atoms with Crippen LogP contribution < -0.4 is 25.8 Å². The van der Waals surface area contributed by atoms with Gasteiger partial charge in [-0.1, -0.05) is 17.7 Å². The maximum Gasteiger partial charge on any atom is 0.319 e. The molecular weight excluding hydrogens is 318 g/mol. The Kier molecular flexibility index (Phi) is 6.51. The van der Waals surface area contributed by atoms with Crippen LogP contribution in [0.3, 0.4) is 0 Å². The zero-order valence-corrected chi connectivity index (χ0v) is 14.9. The summed E-state index contributed by atoms with van der Waals surface area (Å²) in [6.07, 6.45) is 0. The summed E-state index contributed by atoms with van der Waals surface area (Å²) < 4.78 is 11.1. The van der Waals surface area contributed by atoms with Crippen LogP contribution in [0.1, 0.15) is 25.0 Å². The molecule has 0 saturated heterocycles. The molecule has 0 fully saturated rings. The number of ether oxygens (including phenoxy) is 2. The number of hydrogen-bond donors (Lipinski definition) is 3. The summed E-state index contributed by atoms with van der Waals surface area (Å²) in [4.78, 5) is 12.1. The highest BCUT2D eigenvalue weighted by atomic mass is 16.5. The molecule has 0 aliphatic carbocycles. The molecule has 25 heavy (non-hydrogen) atoms. The molecule has 0 saturated carbocycles. The van der Waals surface area contributed by atoms with Crippen molar-refractivity contribution in [1.82, 2.24) is 5.32 Å². The zero-order chi connectivity index (χ0) is 18.2. The number of aryl methyl sites for hydroxylation is 1. The summed E-state index contributed by atoms with van der Waals surface area (Å²) >= 11 is 0. The van der Waals surface area contributed by atoms with Gasteiger partial charge in [-0.15, -0.1) is 0 Å². The maximum absolute atomic E-state index is 12.1. The molecule has 0 bridgehead atoms. The van der Waals surface area contributed by atoms with Crippen LogP contribution in [-0.2, 0) is 6.54 Å². The van der Waals surface area contributed by atoms with Gasteiger partial charge in [-0.05, 0) is 39.0 Å². The molecule has 0 radical (unpaired) electrons. The minimum Gasteiger partial charge on any atom is -0.493 e. The first-order valence-corrected chi connectivity index (χ1v) is 8.33. The van der Waals surface area contributed by atoms with E-state index in [0.29, 0.717) is 36.9 Å². The van der Waals surface area contributed by atoms with E-state index in [1.807, 2.05) is 45.0 Å². The lowest BCUT2D eigenvalue weighted by Crippen LogP contribution is -2.28. The quantitative estimate of drug-likeness (QED) is 0.669. The van der Waals surface area contributed by atoms with Crippen molar-refractivity contribution in [2.45, 2.75) is 27.3 Å². The monoisotopic (exact) mass is 343 g/mol. The van der Waals surface area contributed by atoms with E-state index in [2.05, 4.69) is 10.6 Å². The molecule has 2 aromatic carbocycles. The third-order valence-electron chi connectivity index (χ3n) is 3.54. The summed E-state index contributed by atoms with van der Waals surface area (Å²) in [6.45, 7) is 7.11. The van der Waals surface area contributed by atoms with E-state index in [4.69, 9.17) is 15.2 Å². The second kappa shape index (κ2) is 8.82. The molecule has 0 unspecified atom stereocenters. The first kappa shape index (κ1) is 18.4. The van der Waals surface area contributed by atoms with Gasteiger partial charge in [0.05, 0.1) is 18.9 Å². The number of rotatable bonds is 7. The van der Waals surface area contributed by atoms with Crippen LogP contribution >= 0.6 is 0 Å². The number of hydrogen-bond acceptors (Lipinski definition) is 4. The number of urea groups is 1. The highest BCUT2D eigenvalue weighted by Crippen LogP contribution is 2.31. The second-order valence-electron chi connectivity index (χ2n) is 5.54. The number of benzene rings is 2. The van der Waals surface area contributed by atoms with Crippen LogP contribution in [-0.4, -0.2) is 19.2 Å².